The summed E-state index contributed by atoms with van der Waals surface area (Å²) in [4.78, 5) is 23.4. The number of aromatic nitrogens is 2. The highest BCUT2D eigenvalue weighted by Crippen LogP contribution is 2.25. The van der Waals surface area contributed by atoms with Gasteiger partial charge in [0.1, 0.15) is 17.7 Å². The maximum Gasteiger partial charge on any atom is 0.255 e. The fourth-order valence-corrected chi connectivity index (χ4v) is 3.78. The van der Waals surface area contributed by atoms with Crippen LogP contribution >= 0.6 is 0 Å². The Hall–Kier alpha value is -3.45. The van der Waals surface area contributed by atoms with Crippen LogP contribution in [0.25, 0.3) is 0 Å². The van der Waals surface area contributed by atoms with E-state index in [-0.39, 0.29) is 12.0 Å². The number of amides is 1. The van der Waals surface area contributed by atoms with Crippen LogP contribution in [0.5, 0.6) is 5.75 Å². The van der Waals surface area contributed by atoms with Crippen LogP contribution in [0.1, 0.15) is 39.0 Å². The molecule has 1 unspecified atom stereocenters. The summed E-state index contributed by atoms with van der Waals surface area (Å²) in [6.07, 6.45) is 2.00. The minimum atomic E-state index is -0.275. The third-order valence-electron chi connectivity index (χ3n) is 5.29. The van der Waals surface area contributed by atoms with E-state index in [1.165, 1.54) is 6.20 Å². The van der Waals surface area contributed by atoms with Gasteiger partial charge in [-0.3, -0.25) is 9.78 Å². The van der Waals surface area contributed by atoms with Gasteiger partial charge in [0, 0.05) is 18.4 Å². The molecule has 2 aromatic heterocycles. The first-order valence-electron chi connectivity index (χ1n) is 10.2. The van der Waals surface area contributed by atoms with E-state index in [0.29, 0.717) is 31.1 Å². The lowest BCUT2D eigenvalue weighted by Gasteiger charge is -2.33. The van der Waals surface area contributed by atoms with E-state index in [2.05, 4.69) is 23.2 Å². The van der Waals surface area contributed by atoms with Gasteiger partial charge in [0.25, 0.3) is 5.91 Å². The summed E-state index contributed by atoms with van der Waals surface area (Å²) in [6, 6.07) is 15.5. The zero-order chi connectivity index (χ0) is 21.8. The second kappa shape index (κ2) is 9.14. The van der Waals surface area contributed by atoms with Crippen LogP contribution in [-0.4, -0.2) is 47.6 Å². The zero-order valence-electron chi connectivity index (χ0n) is 17.7. The highest BCUT2D eigenvalue weighted by molar-refractivity contribution is 5.94. The Balaban J connectivity index is 1.51. The molecule has 1 aromatic carbocycles. The van der Waals surface area contributed by atoms with Crippen molar-refractivity contribution < 1.29 is 14.3 Å². The molecule has 3 heterocycles. The molecule has 160 valence electrons. The molecular formula is C24H26N4O3. The van der Waals surface area contributed by atoms with Crippen LogP contribution in [-0.2, 0) is 11.2 Å². The number of rotatable bonds is 5. The second-order valence-corrected chi connectivity index (χ2v) is 7.65. The molecule has 1 amide bonds. The second-order valence-electron chi connectivity index (χ2n) is 7.65. The van der Waals surface area contributed by atoms with E-state index >= 15 is 0 Å². The van der Waals surface area contributed by atoms with Crippen LogP contribution < -0.4 is 10.5 Å². The number of ether oxygens (including phenoxy) is 2. The van der Waals surface area contributed by atoms with Gasteiger partial charge in [-0.15, -0.1) is 0 Å². The summed E-state index contributed by atoms with van der Waals surface area (Å²) < 4.78 is 11.3. The summed E-state index contributed by atoms with van der Waals surface area (Å²) in [5.41, 5.74) is 10.2. The average Bonchev–Trinajstić information content (AvgIpc) is 2.79. The molecule has 1 saturated heterocycles. The molecule has 1 aliphatic rings. The quantitative estimate of drug-likeness (QED) is 0.684. The Labute approximate surface area is 181 Å². The number of nitrogens with zero attached hydrogens (tertiary/aromatic N) is 3. The number of anilines is 1. The number of nitrogens with two attached hydrogens (primary N) is 1. The first-order chi connectivity index (χ1) is 15.0. The number of hydrogen-bond donors (Lipinski definition) is 1. The minimum absolute atomic E-state index is 0.0787. The van der Waals surface area contributed by atoms with Crippen LogP contribution in [0.15, 0.2) is 54.7 Å². The molecule has 7 nitrogen and oxygen atoms in total. The molecule has 0 spiro atoms. The number of hydrogen-bond acceptors (Lipinski definition) is 6. The lowest BCUT2D eigenvalue weighted by Crippen LogP contribution is -2.42. The predicted octanol–water partition coefficient (Wildman–Crippen LogP) is 3.18. The van der Waals surface area contributed by atoms with E-state index in [1.54, 1.807) is 24.1 Å². The molecule has 0 aliphatic carbocycles. The van der Waals surface area contributed by atoms with Gasteiger partial charge in [0.15, 0.2) is 0 Å². The van der Waals surface area contributed by atoms with Crippen LogP contribution in [0.4, 0.5) is 5.82 Å². The van der Waals surface area contributed by atoms with E-state index in [1.807, 2.05) is 25.1 Å². The topological polar surface area (TPSA) is 90.6 Å². The molecule has 0 bridgehead atoms. The Kier molecular flexibility index (Phi) is 6.13. The molecule has 1 atom stereocenters. The first kappa shape index (κ1) is 20.8. The molecule has 2 N–H and O–H groups in total. The van der Waals surface area contributed by atoms with Gasteiger partial charge >= 0.3 is 0 Å². The predicted molar refractivity (Wildman–Crippen MR) is 118 cm³/mol. The zero-order valence-corrected chi connectivity index (χ0v) is 17.7. The van der Waals surface area contributed by atoms with Crippen molar-refractivity contribution in [3.05, 3.63) is 82.8 Å². The Morgan fingerprint density at radius 2 is 2.10 bits per heavy atom. The van der Waals surface area contributed by atoms with Crippen molar-refractivity contribution in [3.63, 3.8) is 0 Å². The monoisotopic (exact) mass is 418 g/mol. The van der Waals surface area contributed by atoms with Gasteiger partial charge in [-0.05, 0) is 60.9 Å². The number of benzene rings is 1. The average molecular weight is 418 g/mol. The molecule has 3 aromatic rings. The summed E-state index contributed by atoms with van der Waals surface area (Å²) in [5.74, 6) is 1.15. The number of carbonyl (C=O) groups is 1. The van der Waals surface area contributed by atoms with Crippen LogP contribution in [0.3, 0.4) is 0 Å². The standard InChI is InChI=1S/C24H26N4O3/c1-16-10-18(11-17-4-3-5-20(12-17)30-2)13-21(27-16)22-15-28(8-9-31-22)24(29)19-6-7-23(25)26-14-19/h3-7,10,12-14,22H,8-9,11,15H2,1-2H3,(H2,25,26). The Morgan fingerprint density at radius 3 is 2.87 bits per heavy atom. The third kappa shape index (κ3) is 5.00. The molecule has 0 saturated carbocycles. The third-order valence-corrected chi connectivity index (χ3v) is 5.29. The highest BCUT2D eigenvalue weighted by atomic mass is 16.5. The van der Waals surface area contributed by atoms with Crippen molar-refractivity contribution in [1.82, 2.24) is 14.9 Å². The normalized spacial score (nSPS) is 16.2. The molecule has 31 heavy (non-hydrogen) atoms. The molecule has 1 aliphatic heterocycles. The number of pyridine rings is 2. The van der Waals surface area contributed by atoms with Gasteiger partial charge in [-0.2, -0.15) is 0 Å². The van der Waals surface area contributed by atoms with Gasteiger partial charge < -0.3 is 20.1 Å². The van der Waals surface area contributed by atoms with Crippen molar-refractivity contribution >= 4 is 11.7 Å². The SMILES string of the molecule is COc1cccc(Cc2cc(C)nc(C3CN(C(=O)c4ccc(N)nc4)CCO3)c2)c1. The summed E-state index contributed by atoms with van der Waals surface area (Å²) in [6.45, 7) is 3.41. The molecule has 4 rings (SSSR count). The highest BCUT2D eigenvalue weighted by Gasteiger charge is 2.27. The number of carbonyl (C=O) groups excluding carboxylic acids is 1. The summed E-state index contributed by atoms with van der Waals surface area (Å²) in [5, 5.41) is 0. The van der Waals surface area contributed by atoms with Crippen LogP contribution in [0, 0.1) is 6.92 Å². The molecule has 0 radical (unpaired) electrons. The largest absolute Gasteiger partial charge is 0.497 e. The lowest BCUT2D eigenvalue weighted by molar-refractivity contribution is -0.0248. The van der Waals surface area contributed by atoms with E-state index < -0.39 is 0 Å². The van der Waals surface area contributed by atoms with E-state index in [4.69, 9.17) is 20.2 Å². The Bertz CT molecular complexity index is 1070. The van der Waals surface area contributed by atoms with Crippen LogP contribution in [0.2, 0.25) is 0 Å². The number of morpholine rings is 1. The fraction of sp³-hybridized carbons (Fsp3) is 0.292. The number of methoxy groups -OCH3 is 1. The van der Waals surface area contributed by atoms with E-state index in [9.17, 15) is 4.79 Å². The summed E-state index contributed by atoms with van der Waals surface area (Å²) >= 11 is 0. The Morgan fingerprint density at radius 1 is 1.23 bits per heavy atom. The smallest absolute Gasteiger partial charge is 0.255 e. The van der Waals surface area contributed by atoms with Gasteiger partial charge in [-0.1, -0.05) is 12.1 Å². The van der Waals surface area contributed by atoms with Gasteiger partial charge in [0.05, 0.1) is 31.5 Å². The van der Waals surface area contributed by atoms with Crippen molar-refractivity contribution in [3.8, 4) is 5.75 Å². The molecule has 1 fully saturated rings. The van der Waals surface area contributed by atoms with Crippen molar-refractivity contribution in [2.75, 3.05) is 32.5 Å². The maximum atomic E-state index is 12.9. The molecular weight excluding hydrogens is 392 g/mol. The molecule has 7 heteroatoms. The number of nitrogen functional groups attached to an aromatic ring is 1. The van der Waals surface area contributed by atoms with E-state index in [0.717, 1.165) is 34.7 Å². The number of aryl methyl sites for hydroxylation is 1. The summed E-state index contributed by atoms with van der Waals surface area (Å²) in [7, 11) is 1.67. The van der Waals surface area contributed by atoms with Gasteiger partial charge in [-0.25, -0.2) is 4.98 Å². The van der Waals surface area contributed by atoms with Crippen molar-refractivity contribution in [2.45, 2.75) is 19.4 Å². The first-order valence-corrected chi connectivity index (χ1v) is 10.2. The lowest BCUT2D eigenvalue weighted by atomic mass is 10.0. The minimum Gasteiger partial charge on any atom is -0.497 e. The van der Waals surface area contributed by atoms with Gasteiger partial charge in [0.2, 0.25) is 0 Å². The van der Waals surface area contributed by atoms with Crippen molar-refractivity contribution in [2.24, 2.45) is 0 Å². The fourth-order valence-electron chi connectivity index (χ4n) is 3.78. The maximum absolute atomic E-state index is 12.9. The van der Waals surface area contributed by atoms with Crippen molar-refractivity contribution in [1.29, 1.82) is 0 Å².